The average molecular weight is 288 g/mol. The van der Waals surface area contributed by atoms with Gasteiger partial charge in [-0.1, -0.05) is 26.7 Å². The zero-order valence-corrected chi connectivity index (χ0v) is 12.3. The summed E-state index contributed by atoms with van der Waals surface area (Å²) in [6, 6.07) is 2.31. The molecule has 0 bridgehead atoms. The maximum atomic E-state index is 13.2. The van der Waals surface area contributed by atoms with Gasteiger partial charge in [0, 0.05) is 6.54 Å². The van der Waals surface area contributed by atoms with E-state index in [4.69, 9.17) is 5.73 Å². The van der Waals surface area contributed by atoms with Gasteiger partial charge in [0.1, 0.15) is 5.82 Å². The highest BCUT2D eigenvalue weighted by molar-refractivity contribution is 7.89. The molecule has 0 spiro atoms. The van der Waals surface area contributed by atoms with Crippen LogP contribution in [-0.4, -0.2) is 15.0 Å². The van der Waals surface area contributed by atoms with E-state index in [-0.39, 0.29) is 10.6 Å². The normalized spacial score (nSPS) is 12.1. The number of benzene rings is 1. The summed E-state index contributed by atoms with van der Waals surface area (Å²) in [4.78, 5) is 0.0392. The van der Waals surface area contributed by atoms with E-state index in [0.717, 1.165) is 18.9 Å². The predicted octanol–water partition coefficient (Wildman–Crippen LogP) is 2.43. The van der Waals surface area contributed by atoms with Crippen molar-refractivity contribution in [2.75, 3.05) is 12.3 Å². The lowest BCUT2D eigenvalue weighted by molar-refractivity contribution is 0.478. The summed E-state index contributed by atoms with van der Waals surface area (Å²) in [6.07, 6.45) is 1.81. The Morgan fingerprint density at radius 1 is 1.32 bits per heavy atom. The van der Waals surface area contributed by atoms with Crippen LogP contribution in [-0.2, 0) is 10.0 Å². The van der Waals surface area contributed by atoms with Crippen LogP contribution in [0.4, 0.5) is 10.1 Å². The second kappa shape index (κ2) is 6.34. The number of hydrogen-bond donors (Lipinski definition) is 2. The third-order valence-electron chi connectivity index (χ3n) is 3.30. The van der Waals surface area contributed by atoms with E-state index in [9.17, 15) is 12.8 Å². The first-order chi connectivity index (χ1) is 8.81. The van der Waals surface area contributed by atoms with Crippen LogP contribution in [0.2, 0.25) is 0 Å². The van der Waals surface area contributed by atoms with Gasteiger partial charge in [0.2, 0.25) is 10.0 Å². The molecule has 1 aromatic carbocycles. The number of rotatable bonds is 6. The Hall–Kier alpha value is -1.14. The first kappa shape index (κ1) is 15.9. The van der Waals surface area contributed by atoms with Crippen molar-refractivity contribution in [2.45, 2.75) is 38.5 Å². The van der Waals surface area contributed by atoms with Gasteiger partial charge < -0.3 is 5.73 Å². The predicted molar refractivity (Wildman–Crippen MR) is 74.8 cm³/mol. The Bertz CT molecular complexity index is 540. The molecule has 0 saturated heterocycles. The molecular weight excluding hydrogens is 267 g/mol. The molecule has 0 unspecified atom stereocenters. The van der Waals surface area contributed by atoms with Crippen LogP contribution in [0.5, 0.6) is 0 Å². The maximum Gasteiger partial charge on any atom is 0.240 e. The van der Waals surface area contributed by atoms with Crippen LogP contribution in [0.25, 0.3) is 0 Å². The molecule has 0 radical (unpaired) electrons. The van der Waals surface area contributed by atoms with Gasteiger partial charge in [0.05, 0.1) is 10.6 Å². The molecule has 108 valence electrons. The minimum Gasteiger partial charge on any atom is -0.396 e. The molecule has 0 aliphatic carbocycles. The number of halogens is 1. The van der Waals surface area contributed by atoms with Crippen LogP contribution < -0.4 is 10.5 Å². The number of nitrogen functional groups attached to an aromatic ring is 1. The van der Waals surface area contributed by atoms with Crippen LogP contribution in [0, 0.1) is 18.7 Å². The summed E-state index contributed by atoms with van der Waals surface area (Å²) in [7, 11) is -3.64. The van der Waals surface area contributed by atoms with Gasteiger partial charge in [-0.15, -0.1) is 0 Å². The van der Waals surface area contributed by atoms with E-state index in [1.807, 2.05) is 13.8 Å². The lowest BCUT2D eigenvalue weighted by Crippen LogP contribution is -2.29. The maximum absolute atomic E-state index is 13.2. The van der Waals surface area contributed by atoms with E-state index < -0.39 is 15.8 Å². The first-order valence-electron chi connectivity index (χ1n) is 6.37. The molecule has 0 aliphatic rings. The smallest absolute Gasteiger partial charge is 0.240 e. The molecule has 4 nitrogen and oxygen atoms in total. The van der Waals surface area contributed by atoms with E-state index in [1.165, 1.54) is 6.07 Å². The van der Waals surface area contributed by atoms with Crippen LogP contribution in [0.3, 0.4) is 0 Å². The summed E-state index contributed by atoms with van der Waals surface area (Å²) in [6.45, 7) is 5.97. The third-order valence-corrected chi connectivity index (χ3v) is 4.87. The van der Waals surface area contributed by atoms with E-state index in [1.54, 1.807) is 6.92 Å². The molecule has 3 N–H and O–H groups in total. The lowest BCUT2D eigenvalue weighted by Gasteiger charge is -2.15. The van der Waals surface area contributed by atoms with Crippen LogP contribution >= 0.6 is 0 Å². The van der Waals surface area contributed by atoms with E-state index in [2.05, 4.69) is 4.72 Å². The molecule has 0 amide bonds. The highest BCUT2D eigenvalue weighted by Gasteiger charge is 2.19. The van der Waals surface area contributed by atoms with E-state index in [0.29, 0.717) is 18.0 Å². The monoisotopic (exact) mass is 288 g/mol. The fraction of sp³-hybridized carbons (Fsp3) is 0.538. The highest BCUT2D eigenvalue weighted by atomic mass is 32.2. The summed E-state index contributed by atoms with van der Waals surface area (Å²) in [5.74, 6) is -0.302. The minimum atomic E-state index is -3.64. The number of nitrogens with two attached hydrogens (primary N) is 1. The fourth-order valence-electron chi connectivity index (χ4n) is 1.84. The van der Waals surface area contributed by atoms with Gasteiger partial charge >= 0.3 is 0 Å². The molecule has 1 aromatic rings. The Labute approximate surface area is 114 Å². The summed E-state index contributed by atoms with van der Waals surface area (Å²) in [5.41, 5.74) is 5.62. The van der Waals surface area contributed by atoms with Gasteiger partial charge in [-0.25, -0.2) is 17.5 Å². The third kappa shape index (κ3) is 3.91. The zero-order chi connectivity index (χ0) is 14.6. The second-order valence-electron chi connectivity index (χ2n) is 4.67. The number of hydrogen-bond acceptors (Lipinski definition) is 3. The van der Waals surface area contributed by atoms with Crippen molar-refractivity contribution in [2.24, 2.45) is 5.92 Å². The van der Waals surface area contributed by atoms with Crippen molar-refractivity contribution in [3.05, 3.63) is 23.5 Å². The summed E-state index contributed by atoms with van der Waals surface area (Å²) < 4.78 is 40.1. The van der Waals surface area contributed by atoms with Gasteiger partial charge in [-0.3, -0.25) is 0 Å². The number of aryl methyl sites for hydroxylation is 1. The zero-order valence-electron chi connectivity index (χ0n) is 11.5. The molecule has 19 heavy (non-hydrogen) atoms. The molecule has 0 aliphatic heterocycles. The molecule has 0 saturated carbocycles. The second-order valence-corrected chi connectivity index (χ2v) is 6.41. The van der Waals surface area contributed by atoms with Crippen molar-refractivity contribution in [1.82, 2.24) is 4.72 Å². The van der Waals surface area contributed by atoms with Crippen molar-refractivity contribution >= 4 is 15.7 Å². The van der Waals surface area contributed by atoms with E-state index >= 15 is 0 Å². The molecule has 1 rings (SSSR count). The topological polar surface area (TPSA) is 72.2 Å². The first-order valence-corrected chi connectivity index (χ1v) is 7.85. The Kier molecular flexibility index (Phi) is 5.31. The molecule has 0 fully saturated rings. The lowest BCUT2D eigenvalue weighted by atomic mass is 10.0. The SMILES string of the molecule is CCC(CC)CNS(=O)(=O)c1cc(N)c(F)cc1C. The number of sulfonamides is 1. The summed E-state index contributed by atoms with van der Waals surface area (Å²) >= 11 is 0. The van der Waals surface area contributed by atoms with Crippen molar-refractivity contribution < 1.29 is 12.8 Å². The number of anilines is 1. The minimum absolute atomic E-state index is 0.0392. The quantitative estimate of drug-likeness (QED) is 0.790. The Balaban J connectivity index is 2.98. The molecular formula is C13H21FN2O2S. The average Bonchev–Trinajstić information content (AvgIpc) is 2.34. The Morgan fingerprint density at radius 3 is 2.42 bits per heavy atom. The van der Waals surface area contributed by atoms with Crippen LogP contribution in [0.1, 0.15) is 32.3 Å². The number of nitrogens with one attached hydrogen (secondary N) is 1. The summed E-state index contributed by atoms with van der Waals surface area (Å²) in [5, 5.41) is 0. The molecule has 6 heteroatoms. The van der Waals surface area contributed by atoms with Gasteiger partial charge in [0.15, 0.2) is 0 Å². The Morgan fingerprint density at radius 2 is 1.89 bits per heavy atom. The molecule has 0 atom stereocenters. The van der Waals surface area contributed by atoms with Crippen molar-refractivity contribution in [3.8, 4) is 0 Å². The van der Waals surface area contributed by atoms with Crippen molar-refractivity contribution in [1.29, 1.82) is 0 Å². The molecule has 0 aromatic heterocycles. The largest absolute Gasteiger partial charge is 0.396 e. The van der Waals surface area contributed by atoms with Gasteiger partial charge in [0.25, 0.3) is 0 Å². The van der Waals surface area contributed by atoms with Gasteiger partial charge in [-0.05, 0) is 30.5 Å². The fourth-order valence-corrected chi connectivity index (χ4v) is 3.22. The van der Waals surface area contributed by atoms with Crippen molar-refractivity contribution in [3.63, 3.8) is 0 Å². The standard InChI is InChI=1S/C13H21FN2O2S/c1-4-10(5-2)8-16-19(17,18)13-7-12(15)11(14)6-9(13)3/h6-7,10,16H,4-5,8,15H2,1-3H3. The van der Waals surface area contributed by atoms with Gasteiger partial charge in [-0.2, -0.15) is 0 Å². The van der Waals surface area contributed by atoms with Crippen LogP contribution in [0.15, 0.2) is 17.0 Å². The highest BCUT2D eigenvalue weighted by Crippen LogP contribution is 2.21. The molecule has 0 heterocycles.